The van der Waals surface area contributed by atoms with Crippen LogP contribution in [0.2, 0.25) is 0 Å². The number of rotatable bonds is 4. The van der Waals surface area contributed by atoms with Gasteiger partial charge in [-0.05, 0) is 55.5 Å². The van der Waals surface area contributed by atoms with E-state index in [0.717, 1.165) is 0 Å². The van der Waals surface area contributed by atoms with Gasteiger partial charge in [0.2, 0.25) is 0 Å². The molecule has 0 amide bonds. The van der Waals surface area contributed by atoms with E-state index in [9.17, 15) is 9.59 Å². The SMILES string of the molecule is CC#CCOc1ccc(C(=O)OC)cc1.COC(=O)c1ccc(O)cc1. The van der Waals surface area contributed by atoms with Crippen LogP contribution in [0.3, 0.4) is 0 Å². The molecule has 26 heavy (non-hydrogen) atoms. The minimum Gasteiger partial charge on any atom is -0.508 e. The van der Waals surface area contributed by atoms with Gasteiger partial charge in [0.1, 0.15) is 18.1 Å². The molecule has 0 atom stereocenters. The highest BCUT2D eigenvalue weighted by Crippen LogP contribution is 2.12. The van der Waals surface area contributed by atoms with Crippen LogP contribution in [0.5, 0.6) is 11.5 Å². The van der Waals surface area contributed by atoms with Crippen LogP contribution in [0.15, 0.2) is 48.5 Å². The standard InChI is InChI=1S/C12H12O3.C8H8O3/c1-3-4-9-15-11-7-5-10(6-8-11)12(13)14-2;1-11-8(10)6-2-4-7(9)5-3-6/h5-8H,9H2,1-2H3;2-5,9H,1H3. The summed E-state index contributed by atoms with van der Waals surface area (Å²) in [4.78, 5) is 21.9. The van der Waals surface area contributed by atoms with Gasteiger partial charge in [-0.25, -0.2) is 9.59 Å². The molecule has 6 heteroatoms. The quantitative estimate of drug-likeness (QED) is 0.670. The van der Waals surface area contributed by atoms with E-state index >= 15 is 0 Å². The molecule has 0 bridgehead atoms. The van der Waals surface area contributed by atoms with Gasteiger partial charge in [-0.2, -0.15) is 0 Å². The van der Waals surface area contributed by atoms with Crippen molar-refractivity contribution in [3.8, 4) is 23.3 Å². The second-order valence-electron chi connectivity index (χ2n) is 4.77. The number of hydrogen-bond donors (Lipinski definition) is 1. The van der Waals surface area contributed by atoms with Crippen LogP contribution >= 0.6 is 0 Å². The minimum absolute atomic E-state index is 0.137. The van der Waals surface area contributed by atoms with Crippen LogP contribution in [0.4, 0.5) is 0 Å². The molecule has 2 rings (SSSR count). The number of carbonyl (C=O) groups is 2. The van der Waals surface area contributed by atoms with E-state index < -0.39 is 5.97 Å². The van der Waals surface area contributed by atoms with E-state index in [2.05, 4.69) is 21.3 Å². The second kappa shape index (κ2) is 11.2. The molecule has 0 radical (unpaired) electrons. The normalized spacial score (nSPS) is 8.88. The van der Waals surface area contributed by atoms with Gasteiger partial charge in [0.25, 0.3) is 0 Å². The molecule has 6 nitrogen and oxygen atoms in total. The Bertz CT molecular complexity index is 767. The molecule has 0 aromatic heterocycles. The number of phenols is 1. The van der Waals surface area contributed by atoms with Crippen LogP contribution < -0.4 is 4.74 Å². The van der Waals surface area contributed by atoms with E-state index in [0.29, 0.717) is 23.5 Å². The van der Waals surface area contributed by atoms with Crippen molar-refractivity contribution in [1.29, 1.82) is 0 Å². The zero-order chi connectivity index (χ0) is 19.4. The maximum absolute atomic E-state index is 11.1. The van der Waals surface area contributed by atoms with Crippen LogP contribution in [0.1, 0.15) is 27.6 Å². The molecule has 2 aromatic rings. The number of ether oxygens (including phenoxy) is 3. The van der Waals surface area contributed by atoms with Gasteiger partial charge in [0.15, 0.2) is 0 Å². The summed E-state index contributed by atoms with van der Waals surface area (Å²) in [5, 5.41) is 8.86. The van der Waals surface area contributed by atoms with Gasteiger partial charge in [-0.15, -0.1) is 5.92 Å². The third-order valence-corrected chi connectivity index (χ3v) is 3.05. The van der Waals surface area contributed by atoms with Crippen molar-refractivity contribution in [2.24, 2.45) is 0 Å². The van der Waals surface area contributed by atoms with Crippen molar-refractivity contribution in [3.63, 3.8) is 0 Å². The van der Waals surface area contributed by atoms with Crippen molar-refractivity contribution >= 4 is 11.9 Å². The van der Waals surface area contributed by atoms with E-state index in [1.165, 1.54) is 38.5 Å². The fourth-order valence-electron chi connectivity index (χ4n) is 1.71. The largest absolute Gasteiger partial charge is 0.508 e. The van der Waals surface area contributed by atoms with E-state index in [1.54, 1.807) is 31.2 Å². The Balaban J connectivity index is 0.000000273. The number of esters is 2. The molecule has 0 saturated carbocycles. The molecule has 0 aliphatic rings. The van der Waals surface area contributed by atoms with Crippen LogP contribution in [-0.2, 0) is 9.47 Å². The summed E-state index contributed by atoms with van der Waals surface area (Å²) in [6, 6.07) is 12.6. The zero-order valence-electron chi connectivity index (χ0n) is 14.8. The maximum Gasteiger partial charge on any atom is 0.337 e. The Labute approximate surface area is 152 Å². The predicted octanol–water partition coefficient (Wildman–Crippen LogP) is 3.05. The van der Waals surface area contributed by atoms with E-state index in [-0.39, 0.29) is 11.7 Å². The van der Waals surface area contributed by atoms with E-state index in [4.69, 9.17) is 9.84 Å². The first kappa shape index (κ1) is 20.6. The van der Waals surface area contributed by atoms with Crippen molar-refractivity contribution in [1.82, 2.24) is 0 Å². The Morgan fingerprint density at radius 3 is 1.77 bits per heavy atom. The molecular weight excluding hydrogens is 336 g/mol. The number of carbonyl (C=O) groups excluding carboxylic acids is 2. The van der Waals surface area contributed by atoms with Gasteiger partial charge in [-0.3, -0.25) is 0 Å². The van der Waals surface area contributed by atoms with Gasteiger partial charge in [0, 0.05) is 0 Å². The van der Waals surface area contributed by atoms with Gasteiger partial charge in [-0.1, -0.05) is 5.92 Å². The number of aromatic hydroxyl groups is 1. The first-order valence-corrected chi connectivity index (χ1v) is 7.60. The highest BCUT2D eigenvalue weighted by Gasteiger charge is 2.04. The highest BCUT2D eigenvalue weighted by atomic mass is 16.5. The van der Waals surface area contributed by atoms with Crippen molar-refractivity contribution < 1.29 is 28.9 Å². The first-order valence-electron chi connectivity index (χ1n) is 7.60. The molecule has 0 fully saturated rings. The summed E-state index contributed by atoms with van der Waals surface area (Å²) < 4.78 is 14.3. The first-order chi connectivity index (χ1) is 12.5. The predicted molar refractivity (Wildman–Crippen MR) is 96.2 cm³/mol. The number of benzene rings is 2. The fourth-order valence-corrected chi connectivity index (χ4v) is 1.71. The van der Waals surface area contributed by atoms with Gasteiger partial charge in [0.05, 0.1) is 25.3 Å². The summed E-state index contributed by atoms with van der Waals surface area (Å²) >= 11 is 0. The molecule has 0 heterocycles. The van der Waals surface area contributed by atoms with Gasteiger partial charge < -0.3 is 19.3 Å². The molecule has 0 aliphatic carbocycles. The number of methoxy groups -OCH3 is 2. The zero-order valence-corrected chi connectivity index (χ0v) is 14.8. The molecule has 0 saturated heterocycles. The van der Waals surface area contributed by atoms with Gasteiger partial charge >= 0.3 is 11.9 Å². The lowest BCUT2D eigenvalue weighted by molar-refractivity contribution is 0.0592. The summed E-state index contributed by atoms with van der Waals surface area (Å²) in [6.07, 6.45) is 0. The fraction of sp³-hybridized carbons (Fsp3) is 0.200. The Morgan fingerprint density at radius 1 is 0.885 bits per heavy atom. The lowest BCUT2D eigenvalue weighted by atomic mass is 10.2. The smallest absolute Gasteiger partial charge is 0.337 e. The molecule has 0 spiro atoms. The van der Waals surface area contributed by atoms with Crippen molar-refractivity contribution in [2.75, 3.05) is 20.8 Å². The number of hydrogen-bond acceptors (Lipinski definition) is 6. The summed E-state index contributed by atoms with van der Waals surface area (Å²) in [6.45, 7) is 2.11. The minimum atomic E-state index is -0.398. The average molecular weight is 356 g/mol. The van der Waals surface area contributed by atoms with E-state index in [1.807, 2.05) is 0 Å². The lowest BCUT2D eigenvalue weighted by Crippen LogP contribution is -2.01. The molecular formula is C20H20O6. The Hall–Kier alpha value is -3.46. The lowest BCUT2D eigenvalue weighted by Gasteiger charge is -2.02. The van der Waals surface area contributed by atoms with Crippen LogP contribution in [0.25, 0.3) is 0 Å². The molecule has 1 N–H and O–H groups in total. The van der Waals surface area contributed by atoms with Crippen molar-refractivity contribution in [3.05, 3.63) is 59.7 Å². The highest BCUT2D eigenvalue weighted by molar-refractivity contribution is 5.89. The molecule has 136 valence electrons. The summed E-state index contributed by atoms with van der Waals surface area (Å²) in [7, 11) is 2.67. The molecule has 0 unspecified atom stereocenters. The monoisotopic (exact) mass is 356 g/mol. The topological polar surface area (TPSA) is 82.1 Å². The summed E-state index contributed by atoms with van der Waals surface area (Å²) in [5.74, 6) is 5.58. The molecule has 2 aromatic carbocycles. The maximum atomic E-state index is 11.1. The second-order valence-corrected chi connectivity index (χ2v) is 4.77. The Morgan fingerprint density at radius 2 is 1.35 bits per heavy atom. The summed E-state index contributed by atoms with van der Waals surface area (Å²) in [5.41, 5.74) is 0.941. The number of phenolic OH excluding ortho intramolecular Hbond substituents is 1. The molecule has 0 aliphatic heterocycles. The third-order valence-electron chi connectivity index (χ3n) is 3.05. The van der Waals surface area contributed by atoms with Crippen molar-refractivity contribution in [2.45, 2.75) is 6.92 Å². The Kier molecular flexibility index (Phi) is 8.83. The average Bonchev–Trinajstić information content (AvgIpc) is 2.68. The third kappa shape index (κ3) is 6.97. The van der Waals surface area contributed by atoms with Crippen LogP contribution in [-0.4, -0.2) is 37.9 Å². The van der Waals surface area contributed by atoms with Crippen LogP contribution in [0, 0.1) is 11.8 Å².